The van der Waals surface area contributed by atoms with Crippen LogP contribution in [0, 0.1) is 0 Å². The van der Waals surface area contributed by atoms with E-state index < -0.39 is 24.9 Å². The minimum Gasteiger partial charge on any atom is -0.495 e. The fourth-order valence-corrected chi connectivity index (χ4v) is 2.67. The lowest BCUT2D eigenvalue weighted by molar-refractivity contribution is -0.113. The van der Waals surface area contributed by atoms with E-state index in [4.69, 9.17) is 16.3 Å². The zero-order chi connectivity index (χ0) is 18.9. The van der Waals surface area contributed by atoms with Gasteiger partial charge in [-0.05, 0) is 18.2 Å². The van der Waals surface area contributed by atoms with E-state index in [2.05, 4.69) is 20.6 Å². The summed E-state index contributed by atoms with van der Waals surface area (Å²) < 4.78 is 31.2. The molecule has 0 unspecified atom stereocenters. The smallest absolute Gasteiger partial charge is 0.282 e. The number of rotatable bonds is 5. The van der Waals surface area contributed by atoms with Crippen molar-refractivity contribution in [2.75, 3.05) is 37.9 Å². The molecule has 0 atom stereocenters. The lowest BCUT2D eigenvalue weighted by Gasteiger charge is -2.38. The Morgan fingerprint density at radius 2 is 2.12 bits per heavy atom. The number of hydrogen-bond donors (Lipinski definition) is 2. The number of aromatic nitrogens is 2. The van der Waals surface area contributed by atoms with E-state index in [0.29, 0.717) is 22.3 Å². The topological polar surface area (TPSA) is 79.4 Å². The third kappa shape index (κ3) is 3.62. The quantitative estimate of drug-likeness (QED) is 0.826. The van der Waals surface area contributed by atoms with Crippen molar-refractivity contribution in [3.63, 3.8) is 0 Å². The largest absolute Gasteiger partial charge is 0.495 e. The van der Waals surface area contributed by atoms with Gasteiger partial charge < -0.3 is 20.3 Å². The van der Waals surface area contributed by atoms with Gasteiger partial charge in [-0.25, -0.2) is 13.8 Å². The van der Waals surface area contributed by atoms with Crippen LogP contribution in [0.2, 0.25) is 5.02 Å². The molecule has 1 saturated heterocycles. The van der Waals surface area contributed by atoms with E-state index in [0.717, 1.165) is 4.90 Å². The molecule has 1 amide bonds. The van der Waals surface area contributed by atoms with Crippen LogP contribution < -0.4 is 15.4 Å². The maximum atomic E-state index is 12.9. The van der Waals surface area contributed by atoms with Crippen molar-refractivity contribution in [2.24, 2.45) is 0 Å². The maximum absolute atomic E-state index is 12.9. The summed E-state index contributed by atoms with van der Waals surface area (Å²) in [6, 6.07) is 4.61. The first-order valence-corrected chi connectivity index (χ1v) is 8.03. The van der Waals surface area contributed by atoms with Crippen molar-refractivity contribution < 1.29 is 18.3 Å². The monoisotopic (exact) mass is 383 g/mol. The van der Waals surface area contributed by atoms with E-state index in [1.807, 2.05) is 0 Å². The molecule has 3 rings (SSSR count). The number of nitrogens with one attached hydrogen (secondary N) is 2. The fraction of sp³-hybridized carbons (Fsp3) is 0.312. The Balaban J connectivity index is 1.80. The van der Waals surface area contributed by atoms with Crippen LogP contribution in [0.15, 0.2) is 24.4 Å². The number of nitrogens with zero attached hydrogens (tertiary/aromatic N) is 3. The number of hydrogen-bond acceptors (Lipinski definition) is 6. The van der Waals surface area contributed by atoms with Gasteiger partial charge in [0.1, 0.15) is 16.6 Å². The van der Waals surface area contributed by atoms with Crippen LogP contribution in [-0.2, 0) is 0 Å². The van der Waals surface area contributed by atoms with Gasteiger partial charge in [0.15, 0.2) is 0 Å². The molecule has 0 spiro atoms. The number of benzene rings is 1. The van der Waals surface area contributed by atoms with E-state index >= 15 is 0 Å². The van der Waals surface area contributed by atoms with Gasteiger partial charge >= 0.3 is 0 Å². The summed E-state index contributed by atoms with van der Waals surface area (Å²) in [7, 11) is 3.12. The van der Waals surface area contributed by atoms with Crippen LogP contribution in [0.1, 0.15) is 10.4 Å². The third-order valence-corrected chi connectivity index (χ3v) is 4.08. The molecule has 0 saturated carbocycles. The highest BCUT2D eigenvalue weighted by atomic mass is 35.5. The van der Waals surface area contributed by atoms with Crippen molar-refractivity contribution in [2.45, 2.75) is 5.92 Å². The van der Waals surface area contributed by atoms with Gasteiger partial charge in [0.2, 0.25) is 5.95 Å². The molecular weight excluding hydrogens is 368 g/mol. The van der Waals surface area contributed by atoms with E-state index in [-0.39, 0.29) is 11.5 Å². The van der Waals surface area contributed by atoms with Gasteiger partial charge in [0.25, 0.3) is 11.8 Å². The van der Waals surface area contributed by atoms with Crippen LogP contribution in [0.5, 0.6) is 5.75 Å². The SMILES string of the molecule is CNc1nc(Nc2ccc(C(=O)N3CC(F)(F)C3)cc2OC)ncc1Cl. The van der Waals surface area contributed by atoms with Crippen LogP contribution in [-0.4, -0.2) is 53.9 Å². The molecule has 26 heavy (non-hydrogen) atoms. The van der Waals surface area contributed by atoms with Crippen molar-refractivity contribution in [1.29, 1.82) is 0 Å². The van der Waals surface area contributed by atoms with E-state index in [9.17, 15) is 13.6 Å². The van der Waals surface area contributed by atoms with Crippen LogP contribution >= 0.6 is 11.6 Å². The Kier molecular flexibility index (Phi) is 4.82. The third-order valence-electron chi connectivity index (χ3n) is 3.81. The first-order valence-electron chi connectivity index (χ1n) is 7.65. The lowest BCUT2D eigenvalue weighted by atomic mass is 10.1. The number of methoxy groups -OCH3 is 1. The Morgan fingerprint density at radius 3 is 2.73 bits per heavy atom. The molecule has 10 heteroatoms. The fourth-order valence-electron chi connectivity index (χ4n) is 2.49. The highest BCUT2D eigenvalue weighted by Gasteiger charge is 2.46. The Bertz CT molecular complexity index is 841. The van der Waals surface area contributed by atoms with Crippen LogP contribution in [0.3, 0.4) is 0 Å². The molecule has 0 aliphatic carbocycles. The molecule has 1 aromatic carbocycles. The van der Waals surface area contributed by atoms with Gasteiger partial charge in [-0.2, -0.15) is 4.98 Å². The highest BCUT2D eigenvalue weighted by molar-refractivity contribution is 6.32. The van der Waals surface area contributed by atoms with Crippen molar-refractivity contribution >= 4 is 35.0 Å². The summed E-state index contributed by atoms with van der Waals surface area (Å²) >= 11 is 5.95. The number of carbonyl (C=O) groups excluding carboxylic acids is 1. The molecule has 0 radical (unpaired) electrons. The molecular formula is C16H16ClF2N5O2. The first-order chi connectivity index (χ1) is 12.3. The highest BCUT2D eigenvalue weighted by Crippen LogP contribution is 2.32. The zero-order valence-corrected chi connectivity index (χ0v) is 14.8. The Labute approximate surface area is 153 Å². The van der Waals surface area contributed by atoms with E-state index in [1.54, 1.807) is 13.1 Å². The maximum Gasteiger partial charge on any atom is 0.282 e. The first kappa shape index (κ1) is 18.1. The van der Waals surface area contributed by atoms with Gasteiger partial charge in [0.05, 0.1) is 32.1 Å². The molecule has 138 valence electrons. The number of likely N-dealkylation sites (tertiary alicyclic amines) is 1. The zero-order valence-electron chi connectivity index (χ0n) is 14.0. The van der Waals surface area contributed by atoms with E-state index in [1.165, 1.54) is 25.4 Å². The van der Waals surface area contributed by atoms with Crippen LogP contribution in [0.4, 0.5) is 26.2 Å². The summed E-state index contributed by atoms with van der Waals surface area (Å²) in [5.41, 5.74) is 0.776. The standard InChI is InChI=1S/C16H16ClF2N5O2/c1-20-13-10(17)6-21-15(23-13)22-11-4-3-9(5-12(11)26-2)14(25)24-7-16(18,19)8-24/h3-6H,7-8H2,1-2H3,(H2,20,21,22,23). The predicted molar refractivity (Wildman–Crippen MR) is 93.7 cm³/mol. The number of alkyl halides is 2. The Morgan fingerprint density at radius 1 is 1.38 bits per heavy atom. The number of amides is 1. The van der Waals surface area contributed by atoms with Crippen LogP contribution in [0.25, 0.3) is 0 Å². The molecule has 1 aliphatic rings. The van der Waals surface area contributed by atoms with Crippen molar-refractivity contribution in [3.05, 3.63) is 35.0 Å². The number of halogens is 3. The molecule has 2 heterocycles. The van der Waals surface area contributed by atoms with Gasteiger partial charge in [-0.15, -0.1) is 0 Å². The minimum absolute atomic E-state index is 0.260. The van der Waals surface area contributed by atoms with Gasteiger partial charge in [-0.3, -0.25) is 4.79 Å². The summed E-state index contributed by atoms with van der Waals surface area (Å²) in [4.78, 5) is 21.6. The number of carbonyl (C=O) groups is 1. The number of ether oxygens (including phenoxy) is 1. The normalized spacial score (nSPS) is 15.2. The summed E-state index contributed by atoms with van der Waals surface area (Å²) in [5, 5.41) is 6.18. The summed E-state index contributed by atoms with van der Waals surface area (Å²) in [6.45, 7) is -1.14. The summed E-state index contributed by atoms with van der Waals surface area (Å²) in [5.74, 6) is -2.20. The summed E-state index contributed by atoms with van der Waals surface area (Å²) in [6.07, 6.45) is 1.44. The van der Waals surface area contributed by atoms with Crippen molar-refractivity contribution in [3.8, 4) is 5.75 Å². The lowest BCUT2D eigenvalue weighted by Crippen LogP contribution is -2.58. The molecule has 7 nitrogen and oxygen atoms in total. The second-order valence-electron chi connectivity index (χ2n) is 5.70. The molecule has 2 aromatic rings. The average Bonchev–Trinajstić information content (AvgIpc) is 2.60. The molecule has 1 fully saturated rings. The molecule has 1 aliphatic heterocycles. The number of anilines is 3. The Hall–Kier alpha value is -2.68. The molecule has 0 bridgehead atoms. The van der Waals surface area contributed by atoms with Gasteiger partial charge in [-0.1, -0.05) is 11.6 Å². The predicted octanol–water partition coefficient (Wildman–Crippen LogP) is 3.02. The second kappa shape index (κ2) is 6.91. The van der Waals surface area contributed by atoms with Gasteiger partial charge in [0, 0.05) is 12.6 Å². The minimum atomic E-state index is -2.81. The van der Waals surface area contributed by atoms with Crippen molar-refractivity contribution in [1.82, 2.24) is 14.9 Å². The second-order valence-corrected chi connectivity index (χ2v) is 6.10. The average molecular weight is 384 g/mol. The molecule has 2 N–H and O–H groups in total. The molecule has 1 aromatic heterocycles.